The van der Waals surface area contributed by atoms with E-state index in [-0.39, 0.29) is 11.4 Å². The minimum absolute atomic E-state index is 0.153. The summed E-state index contributed by atoms with van der Waals surface area (Å²) >= 11 is 0. The third-order valence-corrected chi connectivity index (χ3v) is 5.32. The van der Waals surface area contributed by atoms with Gasteiger partial charge in [-0.15, -0.1) is 0 Å². The van der Waals surface area contributed by atoms with Crippen LogP contribution >= 0.6 is 0 Å². The lowest BCUT2D eigenvalue weighted by Gasteiger charge is -2.46. The Morgan fingerprint density at radius 2 is 1.92 bits per heavy atom. The molecule has 2 aromatic carbocycles. The lowest BCUT2D eigenvalue weighted by atomic mass is 9.79. The smallest absolute Gasteiger partial charge is 0.241 e. The Hall–Kier alpha value is -2.13. The van der Waals surface area contributed by atoms with Crippen molar-refractivity contribution < 1.29 is 4.79 Å². The zero-order valence-electron chi connectivity index (χ0n) is 16.4. The summed E-state index contributed by atoms with van der Waals surface area (Å²) in [6.45, 7) is 9.91. The van der Waals surface area contributed by atoms with Gasteiger partial charge in [0.25, 0.3) is 0 Å². The molecule has 1 atom stereocenters. The van der Waals surface area contributed by atoms with Gasteiger partial charge in [-0.05, 0) is 63.3 Å². The molecule has 0 bridgehead atoms. The summed E-state index contributed by atoms with van der Waals surface area (Å²) in [6, 6.07) is 16.8. The molecule has 0 aromatic heterocycles. The van der Waals surface area contributed by atoms with Crippen LogP contribution in [0.1, 0.15) is 49.8 Å². The summed E-state index contributed by atoms with van der Waals surface area (Å²) in [5.41, 5.74) is 4.75. The highest BCUT2D eigenvalue weighted by molar-refractivity contribution is 5.97. The average molecular weight is 351 g/mol. The van der Waals surface area contributed by atoms with Gasteiger partial charge in [-0.3, -0.25) is 4.79 Å². The number of carbonyl (C=O) groups excluding carboxylic acids is 1. The molecule has 1 N–H and O–H groups in total. The molecule has 0 fully saturated rings. The predicted octanol–water partition coefficient (Wildman–Crippen LogP) is 4.45. The van der Waals surface area contributed by atoms with Gasteiger partial charge in [-0.2, -0.15) is 0 Å². The van der Waals surface area contributed by atoms with E-state index < -0.39 is 0 Å². The van der Waals surface area contributed by atoms with Crippen molar-refractivity contribution in [3.63, 3.8) is 0 Å². The van der Waals surface area contributed by atoms with Crippen LogP contribution in [0.15, 0.2) is 48.5 Å². The molecule has 3 rings (SSSR count). The highest BCUT2D eigenvalue weighted by Crippen LogP contribution is 2.43. The first kappa shape index (κ1) is 18.7. The average Bonchev–Trinajstić information content (AvgIpc) is 2.59. The lowest BCUT2D eigenvalue weighted by molar-refractivity contribution is -0.119. The fourth-order valence-corrected chi connectivity index (χ4v) is 4.17. The van der Waals surface area contributed by atoms with Crippen LogP contribution in [0.5, 0.6) is 0 Å². The Labute approximate surface area is 157 Å². The molecular formula is C23H30N2O. The molecule has 26 heavy (non-hydrogen) atoms. The molecule has 1 aliphatic heterocycles. The van der Waals surface area contributed by atoms with Crippen molar-refractivity contribution in [2.45, 2.75) is 52.0 Å². The SMILES string of the molecule is Cc1ccc2c(c1)[C@@H](C)CC(C)(C)N2C(=O)CNCCc1ccccc1. The normalized spacial score (nSPS) is 18.5. The Morgan fingerprint density at radius 3 is 2.65 bits per heavy atom. The van der Waals surface area contributed by atoms with Crippen LogP contribution in [0.3, 0.4) is 0 Å². The van der Waals surface area contributed by atoms with Crippen molar-refractivity contribution in [3.8, 4) is 0 Å². The fraction of sp³-hybridized carbons (Fsp3) is 0.435. The lowest BCUT2D eigenvalue weighted by Crippen LogP contribution is -2.54. The first-order valence-corrected chi connectivity index (χ1v) is 9.57. The molecule has 0 spiro atoms. The summed E-state index contributed by atoms with van der Waals surface area (Å²) in [6.07, 6.45) is 1.92. The van der Waals surface area contributed by atoms with E-state index in [0.29, 0.717) is 12.5 Å². The molecule has 0 saturated carbocycles. The van der Waals surface area contributed by atoms with E-state index in [0.717, 1.165) is 25.1 Å². The maximum Gasteiger partial charge on any atom is 0.241 e. The molecule has 3 nitrogen and oxygen atoms in total. The van der Waals surface area contributed by atoms with E-state index in [4.69, 9.17) is 0 Å². The first-order valence-electron chi connectivity index (χ1n) is 9.57. The van der Waals surface area contributed by atoms with E-state index >= 15 is 0 Å². The predicted molar refractivity (Wildman–Crippen MR) is 109 cm³/mol. The van der Waals surface area contributed by atoms with Crippen LogP contribution in [0.4, 0.5) is 5.69 Å². The minimum Gasteiger partial charge on any atom is -0.308 e. The Balaban J connectivity index is 1.68. The Kier molecular flexibility index (Phi) is 5.47. The van der Waals surface area contributed by atoms with Gasteiger partial charge in [0.15, 0.2) is 0 Å². The van der Waals surface area contributed by atoms with Gasteiger partial charge in [0.2, 0.25) is 5.91 Å². The topological polar surface area (TPSA) is 32.3 Å². The summed E-state index contributed by atoms with van der Waals surface area (Å²) in [5.74, 6) is 0.620. The number of carbonyl (C=O) groups is 1. The van der Waals surface area contributed by atoms with Gasteiger partial charge in [0.1, 0.15) is 0 Å². The zero-order chi connectivity index (χ0) is 18.7. The van der Waals surface area contributed by atoms with Crippen LogP contribution in [0.2, 0.25) is 0 Å². The van der Waals surface area contributed by atoms with Crippen molar-refractivity contribution in [1.29, 1.82) is 0 Å². The molecule has 0 aliphatic carbocycles. The van der Waals surface area contributed by atoms with Gasteiger partial charge in [-0.25, -0.2) is 0 Å². The van der Waals surface area contributed by atoms with Crippen molar-refractivity contribution in [3.05, 3.63) is 65.2 Å². The van der Waals surface area contributed by atoms with E-state index in [1.54, 1.807) is 0 Å². The highest BCUT2D eigenvalue weighted by atomic mass is 16.2. The number of nitrogens with zero attached hydrogens (tertiary/aromatic N) is 1. The summed E-state index contributed by atoms with van der Waals surface area (Å²) in [7, 11) is 0. The second-order valence-electron chi connectivity index (χ2n) is 8.12. The molecule has 1 aliphatic rings. The number of benzene rings is 2. The molecular weight excluding hydrogens is 320 g/mol. The molecule has 1 amide bonds. The van der Waals surface area contributed by atoms with Crippen LogP contribution in [-0.2, 0) is 11.2 Å². The number of amides is 1. The van der Waals surface area contributed by atoms with Crippen LogP contribution in [-0.4, -0.2) is 24.5 Å². The maximum absolute atomic E-state index is 13.0. The molecule has 0 radical (unpaired) electrons. The molecule has 1 heterocycles. The van der Waals surface area contributed by atoms with Gasteiger partial charge in [-0.1, -0.05) is 55.0 Å². The quantitative estimate of drug-likeness (QED) is 0.808. The third-order valence-electron chi connectivity index (χ3n) is 5.32. The molecule has 3 heteroatoms. The minimum atomic E-state index is -0.167. The summed E-state index contributed by atoms with van der Waals surface area (Å²) in [5, 5.41) is 3.33. The van der Waals surface area contributed by atoms with Crippen molar-refractivity contribution in [1.82, 2.24) is 5.32 Å². The first-order chi connectivity index (χ1) is 12.4. The van der Waals surface area contributed by atoms with Crippen molar-refractivity contribution >= 4 is 11.6 Å². The largest absolute Gasteiger partial charge is 0.308 e. The zero-order valence-corrected chi connectivity index (χ0v) is 16.4. The van der Waals surface area contributed by atoms with Crippen LogP contribution in [0.25, 0.3) is 0 Å². The number of rotatable bonds is 5. The van der Waals surface area contributed by atoms with E-state index in [1.807, 2.05) is 11.0 Å². The Bertz CT molecular complexity index is 767. The van der Waals surface area contributed by atoms with Gasteiger partial charge in [0.05, 0.1) is 6.54 Å². The third kappa shape index (κ3) is 3.99. The Morgan fingerprint density at radius 1 is 1.19 bits per heavy atom. The van der Waals surface area contributed by atoms with Gasteiger partial charge < -0.3 is 10.2 Å². The molecule has 138 valence electrons. The van der Waals surface area contributed by atoms with Gasteiger partial charge >= 0.3 is 0 Å². The van der Waals surface area contributed by atoms with E-state index in [9.17, 15) is 4.79 Å². The van der Waals surface area contributed by atoms with Gasteiger partial charge in [0, 0.05) is 11.2 Å². The number of nitrogens with one attached hydrogen (secondary N) is 1. The molecule has 2 aromatic rings. The fourth-order valence-electron chi connectivity index (χ4n) is 4.17. The highest BCUT2D eigenvalue weighted by Gasteiger charge is 2.39. The summed E-state index contributed by atoms with van der Waals surface area (Å²) in [4.78, 5) is 15.1. The van der Waals surface area contributed by atoms with Crippen LogP contribution < -0.4 is 10.2 Å². The van der Waals surface area contributed by atoms with Crippen molar-refractivity contribution in [2.75, 3.05) is 18.0 Å². The number of fused-ring (bicyclic) bond motifs is 1. The number of hydrogen-bond donors (Lipinski definition) is 1. The molecule has 0 unspecified atom stereocenters. The number of aryl methyl sites for hydroxylation is 1. The van der Waals surface area contributed by atoms with Crippen LogP contribution in [0, 0.1) is 6.92 Å². The van der Waals surface area contributed by atoms with E-state index in [2.05, 4.69) is 75.5 Å². The monoisotopic (exact) mass is 350 g/mol. The second-order valence-corrected chi connectivity index (χ2v) is 8.12. The number of hydrogen-bond acceptors (Lipinski definition) is 2. The van der Waals surface area contributed by atoms with E-state index in [1.165, 1.54) is 16.7 Å². The standard InChI is InChI=1S/C23H30N2O/c1-17-10-11-21-20(14-17)18(2)15-23(3,4)25(21)22(26)16-24-13-12-19-8-6-5-7-9-19/h5-11,14,18,24H,12-13,15-16H2,1-4H3/t18-/m0/s1. The molecule has 0 saturated heterocycles. The summed E-state index contributed by atoms with van der Waals surface area (Å²) < 4.78 is 0. The second kappa shape index (κ2) is 7.63. The number of anilines is 1. The van der Waals surface area contributed by atoms with Crippen molar-refractivity contribution in [2.24, 2.45) is 0 Å². The maximum atomic E-state index is 13.0.